The van der Waals surface area contributed by atoms with Crippen LogP contribution in [0.3, 0.4) is 0 Å². The highest BCUT2D eigenvalue weighted by molar-refractivity contribution is 5.42. The Hall–Kier alpha value is -1.42. The monoisotopic (exact) mass is 221 g/mol. The van der Waals surface area contributed by atoms with E-state index < -0.39 is 0 Å². The molecule has 1 aromatic carbocycles. The first kappa shape index (κ1) is 11.1. The summed E-state index contributed by atoms with van der Waals surface area (Å²) in [6.07, 6.45) is 2.52. The molecule has 0 aliphatic heterocycles. The van der Waals surface area contributed by atoms with Crippen LogP contribution in [0.4, 0.5) is 5.69 Å². The van der Waals surface area contributed by atoms with Gasteiger partial charge in [-0.15, -0.1) is 0 Å². The third kappa shape index (κ3) is 2.39. The largest absolute Gasteiger partial charge is 0.392 e. The molecular weight excluding hydrogens is 206 g/mol. The molecule has 2 rings (SSSR count). The quantitative estimate of drug-likeness (QED) is 0.626. The minimum Gasteiger partial charge on any atom is -0.392 e. The Bertz CT molecular complexity index is 413. The molecule has 1 aliphatic carbocycles. The average Bonchev–Trinajstić information content (AvgIpc) is 2.99. The van der Waals surface area contributed by atoms with Crippen LogP contribution in [-0.4, -0.2) is 16.1 Å². The van der Waals surface area contributed by atoms with E-state index in [1.54, 1.807) is 19.1 Å². The van der Waals surface area contributed by atoms with Gasteiger partial charge in [0.05, 0.1) is 11.0 Å². The first-order chi connectivity index (χ1) is 7.58. The number of hydrogen-bond acceptors (Lipinski definition) is 3. The Morgan fingerprint density at radius 2 is 2.25 bits per heavy atom. The molecule has 86 valence electrons. The molecule has 1 aromatic rings. The number of aliphatic hydroxyl groups is 1. The molecule has 0 bridgehead atoms. The second kappa shape index (κ2) is 4.22. The van der Waals surface area contributed by atoms with Gasteiger partial charge in [-0.05, 0) is 43.7 Å². The zero-order valence-electron chi connectivity index (χ0n) is 9.22. The van der Waals surface area contributed by atoms with Crippen molar-refractivity contribution in [2.24, 2.45) is 5.92 Å². The van der Waals surface area contributed by atoms with Crippen LogP contribution < -0.4 is 0 Å². The maximum atomic E-state index is 10.6. The fraction of sp³-hybridized carbons (Fsp3) is 0.500. The molecule has 1 atom stereocenters. The molecule has 1 N–H and O–H groups in total. The lowest BCUT2D eigenvalue weighted by Crippen LogP contribution is -2.12. The standard InChI is InChI=1S/C12H15NO3/c1-8-6-9(2-5-11(8)13(15)16)7-12(14)10-3-4-10/h2,5-6,10,12,14H,3-4,7H2,1H3. The first-order valence-corrected chi connectivity index (χ1v) is 5.50. The van der Waals surface area contributed by atoms with Crippen LogP contribution in [-0.2, 0) is 6.42 Å². The normalized spacial score (nSPS) is 17.1. The number of nitro benzene ring substituents is 1. The van der Waals surface area contributed by atoms with Gasteiger partial charge >= 0.3 is 0 Å². The van der Waals surface area contributed by atoms with E-state index in [-0.39, 0.29) is 16.7 Å². The van der Waals surface area contributed by atoms with E-state index in [1.165, 1.54) is 6.07 Å². The Labute approximate surface area is 94.1 Å². The van der Waals surface area contributed by atoms with Crippen LogP contribution in [0.25, 0.3) is 0 Å². The molecule has 4 nitrogen and oxygen atoms in total. The third-order valence-corrected chi connectivity index (χ3v) is 3.07. The summed E-state index contributed by atoms with van der Waals surface area (Å²) < 4.78 is 0. The first-order valence-electron chi connectivity index (χ1n) is 5.50. The number of hydrogen-bond donors (Lipinski definition) is 1. The van der Waals surface area contributed by atoms with Crippen molar-refractivity contribution in [1.29, 1.82) is 0 Å². The molecule has 1 saturated carbocycles. The highest BCUT2D eigenvalue weighted by atomic mass is 16.6. The van der Waals surface area contributed by atoms with Gasteiger partial charge in [-0.1, -0.05) is 6.07 Å². The molecule has 4 heteroatoms. The van der Waals surface area contributed by atoms with Gasteiger partial charge in [0.15, 0.2) is 0 Å². The van der Waals surface area contributed by atoms with Crippen LogP contribution in [0.5, 0.6) is 0 Å². The van der Waals surface area contributed by atoms with Crippen LogP contribution in [0.1, 0.15) is 24.0 Å². The van der Waals surface area contributed by atoms with E-state index in [4.69, 9.17) is 0 Å². The molecule has 0 aromatic heterocycles. The summed E-state index contributed by atoms with van der Waals surface area (Å²) in [5, 5.41) is 20.4. The SMILES string of the molecule is Cc1cc(CC(O)C2CC2)ccc1[N+](=O)[O-]. The van der Waals surface area contributed by atoms with Crippen molar-refractivity contribution in [2.75, 3.05) is 0 Å². The molecule has 1 unspecified atom stereocenters. The summed E-state index contributed by atoms with van der Waals surface area (Å²) in [6.45, 7) is 1.73. The molecule has 0 heterocycles. The van der Waals surface area contributed by atoms with Crippen LogP contribution in [0, 0.1) is 23.0 Å². The lowest BCUT2D eigenvalue weighted by molar-refractivity contribution is -0.385. The lowest BCUT2D eigenvalue weighted by Gasteiger charge is -2.09. The summed E-state index contributed by atoms with van der Waals surface area (Å²) in [6, 6.07) is 5.05. The van der Waals surface area contributed by atoms with Gasteiger partial charge in [0.2, 0.25) is 0 Å². The van der Waals surface area contributed by atoms with Crippen LogP contribution >= 0.6 is 0 Å². The average molecular weight is 221 g/mol. The van der Waals surface area contributed by atoms with Crippen molar-refractivity contribution in [1.82, 2.24) is 0 Å². The molecule has 1 fully saturated rings. The Morgan fingerprint density at radius 3 is 2.75 bits per heavy atom. The summed E-state index contributed by atoms with van der Waals surface area (Å²) in [5.74, 6) is 0.440. The number of aryl methyl sites for hydroxylation is 1. The minimum atomic E-state index is -0.379. The highest BCUT2D eigenvalue weighted by Gasteiger charge is 2.29. The van der Waals surface area contributed by atoms with E-state index in [0.29, 0.717) is 17.9 Å². The zero-order valence-corrected chi connectivity index (χ0v) is 9.22. The molecule has 16 heavy (non-hydrogen) atoms. The smallest absolute Gasteiger partial charge is 0.272 e. The third-order valence-electron chi connectivity index (χ3n) is 3.07. The van der Waals surface area contributed by atoms with Gasteiger partial charge in [0.25, 0.3) is 5.69 Å². The fourth-order valence-corrected chi connectivity index (χ4v) is 1.94. The summed E-state index contributed by atoms with van der Waals surface area (Å²) in [4.78, 5) is 10.3. The summed E-state index contributed by atoms with van der Waals surface area (Å²) in [5.41, 5.74) is 1.78. The van der Waals surface area contributed by atoms with E-state index in [2.05, 4.69) is 0 Å². The fourth-order valence-electron chi connectivity index (χ4n) is 1.94. The number of nitrogens with zero attached hydrogens (tertiary/aromatic N) is 1. The Kier molecular flexibility index (Phi) is 2.92. The van der Waals surface area contributed by atoms with Crippen LogP contribution in [0.2, 0.25) is 0 Å². The molecule has 1 aliphatic rings. The van der Waals surface area contributed by atoms with Gasteiger partial charge in [-0.25, -0.2) is 0 Å². The molecule has 0 radical (unpaired) electrons. The summed E-state index contributed by atoms with van der Waals surface area (Å²) >= 11 is 0. The van der Waals surface area contributed by atoms with E-state index in [0.717, 1.165) is 18.4 Å². The second-order valence-electron chi connectivity index (χ2n) is 4.49. The van der Waals surface area contributed by atoms with Gasteiger partial charge in [0, 0.05) is 11.6 Å². The van der Waals surface area contributed by atoms with E-state index >= 15 is 0 Å². The molecular formula is C12H15NO3. The summed E-state index contributed by atoms with van der Waals surface area (Å²) in [7, 11) is 0. The van der Waals surface area contributed by atoms with Crippen molar-refractivity contribution in [3.63, 3.8) is 0 Å². The lowest BCUT2D eigenvalue weighted by atomic mass is 10.0. The number of rotatable bonds is 4. The number of aliphatic hydroxyl groups excluding tert-OH is 1. The molecule has 0 saturated heterocycles. The van der Waals surface area contributed by atoms with Crippen molar-refractivity contribution < 1.29 is 10.0 Å². The van der Waals surface area contributed by atoms with Gasteiger partial charge in [-0.3, -0.25) is 10.1 Å². The Morgan fingerprint density at radius 1 is 1.56 bits per heavy atom. The highest BCUT2D eigenvalue weighted by Crippen LogP contribution is 2.34. The predicted molar refractivity (Wildman–Crippen MR) is 60.3 cm³/mol. The minimum absolute atomic E-state index is 0.143. The molecule has 0 amide bonds. The van der Waals surface area contributed by atoms with Crippen molar-refractivity contribution in [2.45, 2.75) is 32.3 Å². The topological polar surface area (TPSA) is 63.4 Å². The van der Waals surface area contributed by atoms with Crippen molar-refractivity contribution in [3.8, 4) is 0 Å². The number of benzene rings is 1. The van der Waals surface area contributed by atoms with Crippen LogP contribution in [0.15, 0.2) is 18.2 Å². The maximum absolute atomic E-state index is 10.6. The van der Waals surface area contributed by atoms with Gasteiger partial charge in [-0.2, -0.15) is 0 Å². The maximum Gasteiger partial charge on any atom is 0.272 e. The molecule has 0 spiro atoms. The van der Waals surface area contributed by atoms with Gasteiger partial charge in [0.1, 0.15) is 0 Å². The number of nitro groups is 1. The van der Waals surface area contributed by atoms with E-state index in [9.17, 15) is 15.2 Å². The van der Waals surface area contributed by atoms with Crippen molar-refractivity contribution >= 4 is 5.69 Å². The Balaban J connectivity index is 2.10. The zero-order chi connectivity index (χ0) is 11.7. The van der Waals surface area contributed by atoms with Crippen molar-refractivity contribution in [3.05, 3.63) is 39.4 Å². The van der Waals surface area contributed by atoms with E-state index in [1.807, 2.05) is 0 Å². The van der Waals surface area contributed by atoms with Gasteiger partial charge < -0.3 is 5.11 Å². The predicted octanol–water partition coefficient (Wildman–Crippen LogP) is 2.22. The second-order valence-corrected chi connectivity index (χ2v) is 4.49.